The first-order valence-electron chi connectivity index (χ1n) is 6.14. The lowest BCUT2D eigenvalue weighted by atomic mass is 10.0. The van der Waals surface area contributed by atoms with Crippen LogP contribution in [0.3, 0.4) is 0 Å². The van der Waals surface area contributed by atoms with Crippen LogP contribution in [0.1, 0.15) is 44.7 Å². The molecule has 3 rings (SSSR count). The molecule has 1 nitrogen and oxygen atoms in total. The van der Waals surface area contributed by atoms with Crippen LogP contribution >= 0.6 is 23.1 Å². The first-order chi connectivity index (χ1) is 7.66. The quantitative estimate of drug-likeness (QED) is 0.871. The van der Waals surface area contributed by atoms with Gasteiger partial charge in [0.15, 0.2) is 0 Å². The smallest absolute Gasteiger partial charge is 0.0649 e. The zero-order valence-corrected chi connectivity index (χ0v) is 11.6. The van der Waals surface area contributed by atoms with Crippen LogP contribution in [0, 0.1) is 5.41 Å². The molecule has 0 aromatic carbocycles. The minimum absolute atomic E-state index is 0.606. The molecule has 0 amide bonds. The number of hydrogen-bond acceptors (Lipinski definition) is 3. The van der Waals surface area contributed by atoms with Crippen molar-refractivity contribution in [3.63, 3.8) is 0 Å². The molecule has 1 aliphatic heterocycles. The van der Waals surface area contributed by atoms with Crippen LogP contribution in [-0.4, -0.2) is 11.8 Å². The van der Waals surface area contributed by atoms with Crippen molar-refractivity contribution < 1.29 is 0 Å². The zero-order chi connectivity index (χ0) is 11.2. The summed E-state index contributed by atoms with van der Waals surface area (Å²) < 4.78 is 1.54. The van der Waals surface area contributed by atoms with Gasteiger partial charge in [0.25, 0.3) is 0 Å². The number of nitrogens with one attached hydrogen (secondary N) is 1. The minimum atomic E-state index is 0.606. The zero-order valence-electron chi connectivity index (χ0n) is 9.95. The van der Waals surface area contributed by atoms with Crippen molar-refractivity contribution in [3.8, 4) is 0 Å². The van der Waals surface area contributed by atoms with E-state index in [9.17, 15) is 0 Å². The highest BCUT2D eigenvalue weighted by Crippen LogP contribution is 2.47. The second-order valence-electron chi connectivity index (χ2n) is 5.57. The van der Waals surface area contributed by atoms with Crippen LogP contribution in [-0.2, 0) is 0 Å². The van der Waals surface area contributed by atoms with Crippen molar-refractivity contribution in [2.24, 2.45) is 5.41 Å². The van der Waals surface area contributed by atoms with Gasteiger partial charge in [-0.2, -0.15) is 0 Å². The van der Waals surface area contributed by atoms with Crippen LogP contribution in [0.2, 0.25) is 0 Å². The van der Waals surface area contributed by atoms with E-state index < -0.39 is 0 Å². The van der Waals surface area contributed by atoms with E-state index in [1.807, 2.05) is 23.1 Å². The lowest BCUT2D eigenvalue weighted by molar-refractivity contribution is 0.419. The van der Waals surface area contributed by atoms with E-state index in [1.165, 1.54) is 30.0 Å². The monoisotopic (exact) mass is 253 g/mol. The van der Waals surface area contributed by atoms with Gasteiger partial charge in [-0.25, -0.2) is 0 Å². The van der Waals surface area contributed by atoms with Crippen molar-refractivity contribution in [3.05, 3.63) is 17.0 Å². The summed E-state index contributed by atoms with van der Waals surface area (Å²) in [5, 5.41) is 6.79. The number of hydrogen-bond donors (Lipinski definition) is 1. The van der Waals surface area contributed by atoms with E-state index in [0.29, 0.717) is 11.5 Å². The Balaban J connectivity index is 1.70. The van der Waals surface area contributed by atoms with Gasteiger partial charge in [0.1, 0.15) is 0 Å². The third kappa shape index (κ3) is 2.18. The van der Waals surface area contributed by atoms with Gasteiger partial charge in [0, 0.05) is 17.8 Å². The lowest BCUT2D eigenvalue weighted by Crippen LogP contribution is -2.30. The van der Waals surface area contributed by atoms with Crippen molar-refractivity contribution in [1.82, 2.24) is 5.32 Å². The Morgan fingerprint density at radius 1 is 1.50 bits per heavy atom. The van der Waals surface area contributed by atoms with Crippen molar-refractivity contribution in [2.45, 2.75) is 48.6 Å². The van der Waals surface area contributed by atoms with Crippen molar-refractivity contribution in [1.29, 1.82) is 0 Å². The molecule has 1 saturated carbocycles. The van der Waals surface area contributed by atoms with E-state index in [-0.39, 0.29) is 0 Å². The van der Waals surface area contributed by atoms with E-state index in [2.05, 4.69) is 30.6 Å². The van der Waals surface area contributed by atoms with Gasteiger partial charge < -0.3 is 5.32 Å². The topological polar surface area (TPSA) is 12.0 Å². The summed E-state index contributed by atoms with van der Waals surface area (Å²) in [5.41, 5.74) is 2.17. The second-order valence-corrected chi connectivity index (χ2v) is 8.19. The maximum atomic E-state index is 3.79. The highest BCUT2D eigenvalue weighted by Gasteiger charge is 2.38. The SMILES string of the molecule is C[C@H]1CC(NCC2(C)CC2)c2ccsc2S1. The molecule has 2 atom stereocenters. The molecule has 0 bridgehead atoms. The van der Waals surface area contributed by atoms with Gasteiger partial charge in [-0.1, -0.05) is 13.8 Å². The van der Waals surface area contributed by atoms with Gasteiger partial charge >= 0.3 is 0 Å². The first kappa shape index (κ1) is 11.1. The molecule has 2 aliphatic rings. The molecule has 0 radical (unpaired) electrons. The summed E-state index contributed by atoms with van der Waals surface area (Å²) in [5.74, 6) is 0. The van der Waals surface area contributed by atoms with Crippen LogP contribution in [0.15, 0.2) is 15.7 Å². The largest absolute Gasteiger partial charge is 0.309 e. The van der Waals surface area contributed by atoms with Gasteiger partial charge in [-0.15, -0.1) is 23.1 Å². The van der Waals surface area contributed by atoms with E-state index in [4.69, 9.17) is 0 Å². The average molecular weight is 253 g/mol. The van der Waals surface area contributed by atoms with Crippen LogP contribution in [0.25, 0.3) is 0 Å². The van der Waals surface area contributed by atoms with Crippen molar-refractivity contribution >= 4 is 23.1 Å². The second kappa shape index (κ2) is 4.04. The molecule has 1 aromatic rings. The Morgan fingerprint density at radius 2 is 2.31 bits per heavy atom. The molecule has 1 unspecified atom stereocenters. The lowest BCUT2D eigenvalue weighted by Gasteiger charge is -2.28. The van der Waals surface area contributed by atoms with E-state index in [1.54, 1.807) is 5.56 Å². The normalized spacial score (nSPS) is 31.1. The maximum Gasteiger partial charge on any atom is 0.0649 e. The Bertz CT molecular complexity index is 381. The Hall–Kier alpha value is 0.01000. The fraction of sp³-hybridized carbons (Fsp3) is 0.692. The summed E-state index contributed by atoms with van der Waals surface area (Å²) in [4.78, 5) is 0. The Morgan fingerprint density at radius 3 is 3.06 bits per heavy atom. The molecular formula is C13H19NS2. The summed E-state index contributed by atoms with van der Waals surface area (Å²) >= 11 is 3.95. The Labute approximate surface area is 106 Å². The number of fused-ring (bicyclic) bond motifs is 1. The van der Waals surface area contributed by atoms with Gasteiger partial charge in [0.05, 0.1) is 4.21 Å². The molecule has 1 fully saturated rings. The summed E-state index contributed by atoms with van der Waals surface area (Å²) in [6, 6.07) is 2.92. The molecule has 2 heterocycles. The first-order valence-corrected chi connectivity index (χ1v) is 7.90. The number of thioether (sulfide) groups is 1. The van der Waals surface area contributed by atoms with Crippen LogP contribution in [0.4, 0.5) is 0 Å². The number of rotatable bonds is 3. The van der Waals surface area contributed by atoms with E-state index >= 15 is 0 Å². The maximum absolute atomic E-state index is 3.79. The highest BCUT2D eigenvalue weighted by atomic mass is 32.2. The molecule has 1 N–H and O–H groups in total. The molecule has 3 heteroatoms. The molecule has 88 valence electrons. The van der Waals surface area contributed by atoms with Gasteiger partial charge in [0.2, 0.25) is 0 Å². The molecule has 0 spiro atoms. The average Bonchev–Trinajstić information content (AvgIpc) is 2.79. The summed E-state index contributed by atoms with van der Waals surface area (Å²) in [6.07, 6.45) is 4.10. The molecule has 1 aromatic heterocycles. The predicted molar refractivity (Wildman–Crippen MR) is 72.3 cm³/mol. The van der Waals surface area contributed by atoms with E-state index in [0.717, 1.165) is 5.25 Å². The third-order valence-electron chi connectivity index (χ3n) is 3.79. The summed E-state index contributed by atoms with van der Waals surface area (Å²) in [7, 11) is 0. The van der Waals surface area contributed by atoms with Gasteiger partial charge in [-0.3, -0.25) is 0 Å². The van der Waals surface area contributed by atoms with Crippen molar-refractivity contribution in [2.75, 3.05) is 6.54 Å². The summed E-state index contributed by atoms with van der Waals surface area (Å²) in [6.45, 7) is 5.95. The minimum Gasteiger partial charge on any atom is -0.309 e. The third-order valence-corrected chi connectivity index (χ3v) is 6.13. The predicted octanol–water partition coefficient (Wildman–Crippen LogP) is 4.06. The molecule has 1 aliphatic carbocycles. The highest BCUT2D eigenvalue weighted by molar-refractivity contribution is 8.01. The van der Waals surface area contributed by atoms with Gasteiger partial charge in [-0.05, 0) is 41.7 Å². The molecular weight excluding hydrogens is 234 g/mol. The fourth-order valence-corrected chi connectivity index (χ4v) is 4.87. The number of thiophene rings is 1. The fourth-order valence-electron chi connectivity index (χ4n) is 2.30. The Kier molecular flexibility index (Phi) is 2.81. The van der Waals surface area contributed by atoms with Crippen LogP contribution < -0.4 is 5.32 Å². The molecule has 0 saturated heterocycles. The van der Waals surface area contributed by atoms with Crippen LogP contribution in [0.5, 0.6) is 0 Å². The molecule has 16 heavy (non-hydrogen) atoms. The standard InChI is InChI=1S/C13H19NS2/c1-9-7-11(14-8-13(2)4-5-13)10-3-6-15-12(10)16-9/h3,6,9,11,14H,4-5,7-8H2,1-2H3/t9-,11?/m0/s1.